The molecule has 0 bridgehead atoms. The molecule has 0 amide bonds. The van der Waals surface area contributed by atoms with E-state index < -0.39 is 0 Å². The van der Waals surface area contributed by atoms with Crippen LogP contribution < -0.4 is 5.32 Å². The van der Waals surface area contributed by atoms with Crippen LogP contribution in [-0.2, 0) is 6.42 Å². The average Bonchev–Trinajstić information content (AvgIpc) is 2.47. The quantitative estimate of drug-likeness (QED) is 0.579. The second kappa shape index (κ2) is 3.24. The third-order valence-electron chi connectivity index (χ3n) is 1.89. The van der Waals surface area contributed by atoms with Gasteiger partial charge in [-0.2, -0.15) is 5.10 Å². The van der Waals surface area contributed by atoms with Crippen LogP contribution in [0.5, 0.6) is 0 Å². The van der Waals surface area contributed by atoms with Gasteiger partial charge in [-0.3, -0.25) is 0 Å². The second-order valence-electron chi connectivity index (χ2n) is 2.82. The van der Waals surface area contributed by atoms with Gasteiger partial charge < -0.3 is 5.32 Å². The Morgan fingerprint density at radius 3 is 3.15 bits per heavy atom. The van der Waals surface area contributed by atoms with Gasteiger partial charge in [0.25, 0.3) is 0 Å². The van der Waals surface area contributed by atoms with E-state index in [2.05, 4.69) is 10.4 Å². The lowest BCUT2D eigenvalue weighted by Crippen LogP contribution is -2.18. The Hall–Kier alpha value is -0.670. The van der Waals surface area contributed by atoms with E-state index in [-0.39, 0.29) is 5.50 Å². The Bertz CT molecular complexity index is 356. The first-order valence-electron chi connectivity index (χ1n) is 4.08. The molecule has 1 N–H and O–H groups in total. The lowest BCUT2D eigenvalue weighted by Gasteiger charge is -2.16. The van der Waals surface area contributed by atoms with Crippen molar-refractivity contribution < 1.29 is 0 Å². The predicted molar refractivity (Wildman–Crippen MR) is 55.0 cm³/mol. The number of hydrogen-bond donors (Lipinski definition) is 1. The average molecular weight is 218 g/mol. The summed E-state index contributed by atoms with van der Waals surface area (Å²) < 4.78 is 1.65. The van der Waals surface area contributed by atoms with Crippen LogP contribution >= 0.6 is 23.2 Å². The van der Waals surface area contributed by atoms with Crippen LogP contribution in [0.4, 0.5) is 5.82 Å². The zero-order valence-electron chi connectivity index (χ0n) is 7.09. The van der Waals surface area contributed by atoms with Gasteiger partial charge in [-0.1, -0.05) is 30.1 Å². The Morgan fingerprint density at radius 2 is 2.46 bits per heavy atom. The van der Waals surface area contributed by atoms with Crippen LogP contribution in [0.2, 0.25) is 0 Å². The summed E-state index contributed by atoms with van der Waals surface area (Å²) >= 11 is 11.8. The molecule has 1 aromatic rings. The number of rotatable bonds is 1. The van der Waals surface area contributed by atoms with Crippen molar-refractivity contribution in [2.45, 2.75) is 18.8 Å². The molecule has 1 aliphatic rings. The van der Waals surface area contributed by atoms with Gasteiger partial charge in [-0.05, 0) is 12.5 Å². The van der Waals surface area contributed by atoms with Crippen molar-refractivity contribution >= 4 is 34.2 Å². The molecular formula is C8H9Cl2N3. The Morgan fingerprint density at radius 1 is 1.69 bits per heavy atom. The van der Waals surface area contributed by atoms with E-state index in [0.717, 1.165) is 17.9 Å². The van der Waals surface area contributed by atoms with Crippen LogP contribution in [0, 0.1) is 0 Å². The van der Waals surface area contributed by atoms with Crippen LogP contribution in [0.25, 0.3) is 5.16 Å². The molecule has 0 radical (unpaired) electrons. The standard InChI is InChI=1S/C8H9Cl2N3/c1-2-5-3-8-11-6(9)4-7(10)13(8)12-5/h3-4,6,11H,2H2,1H3. The minimum Gasteiger partial charge on any atom is -0.351 e. The van der Waals surface area contributed by atoms with Gasteiger partial charge in [-0.15, -0.1) is 0 Å². The molecule has 0 saturated heterocycles. The maximum Gasteiger partial charge on any atom is 0.132 e. The maximum absolute atomic E-state index is 5.95. The van der Waals surface area contributed by atoms with Crippen molar-refractivity contribution in [1.82, 2.24) is 9.78 Å². The Kier molecular flexibility index (Phi) is 2.22. The molecule has 0 aromatic carbocycles. The molecular weight excluding hydrogens is 209 g/mol. The number of nitrogens with one attached hydrogen (secondary N) is 1. The van der Waals surface area contributed by atoms with Crippen molar-refractivity contribution in [3.8, 4) is 0 Å². The SMILES string of the molecule is CCc1cc2n(n1)C(Cl)=CC(Cl)N2. The fraction of sp³-hybridized carbons (Fsp3) is 0.375. The van der Waals surface area contributed by atoms with E-state index in [1.807, 2.05) is 13.0 Å². The number of halogens is 2. The number of hydrogen-bond acceptors (Lipinski definition) is 2. The van der Waals surface area contributed by atoms with Crippen LogP contribution in [0.15, 0.2) is 12.1 Å². The first-order chi connectivity index (χ1) is 6.20. The minimum atomic E-state index is -0.249. The van der Waals surface area contributed by atoms with Gasteiger partial charge in [0.2, 0.25) is 0 Å². The predicted octanol–water partition coefficient (Wildman–Crippen LogP) is 2.47. The lowest BCUT2D eigenvalue weighted by atomic mass is 10.3. The highest BCUT2D eigenvalue weighted by Gasteiger charge is 2.17. The third-order valence-corrected chi connectivity index (χ3v) is 2.42. The van der Waals surface area contributed by atoms with Crippen molar-refractivity contribution in [2.24, 2.45) is 0 Å². The molecule has 5 heteroatoms. The van der Waals surface area contributed by atoms with Crippen LogP contribution in [0.1, 0.15) is 12.6 Å². The van der Waals surface area contributed by atoms with Crippen molar-refractivity contribution in [3.63, 3.8) is 0 Å². The van der Waals surface area contributed by atoms with Crippen molar-refractivity contribution in [2.75, 3.05) is 5.32 Å². The van der Waals surface area contributed by atoms with Gasteiger partial charge in [0.1, 0.15) is 16.5 Å². The summed E-state index contributed by atoms with van der Waals surface area (Å²) in [4.78, 5) is 0. The fourth-order valence-corrected chi connectivity index (χ4v) is 1.79. The lowest BCUT2D eigenvalue weighted by molar-refractivity contribution is 0.858. The summed E-state index contributed by atoms with van der Waals surface area (Å²) in [5.41, 5.74) is 0.751. The molecule has 0 saturated carbocycles. The minimum absolute atomic E-state index is 0.249. The molecule has 0 fully saturated rings. The number of alkyl halides is 1. The van der Waals surface area contributed by atoms with Gasteiger partial charge in [0.05, 0.1) is 5.69 Å². The smallest absolute Gasteiger partial charge is 0.132 e. The Labute approximate surface area is 86.3 Å². The first kappa shape index (κ1) is 8.91. The highest BCUT2D eigenvalue weighted by atomic mass is 35.5. The zero-order chi connectivity index (χ0) is 9.42. The van der Waals surface area contributed by atoms with Gasteiger partial charge in [0, 0.05) is 6.07 Å². The van der Waals surface area contributed by atoms with E-state index in [1.54, 1.807) is 10.8 Å². The maximum atomic E-state index is 5.95. The van der Waals surface area contributed by atoms with Gasteiger partial charge in [-0.25, -0.2) is 4.68 Å². The molecule has 2 rings (SSSR count). The molecule has 3 nitrogen and oxygen atoms in total. The summed E-state index contributed by atoms with van der Waals surface area (Å²) in [7, 11) is 0. The van der Waals surface area contributed by atoms with E-state index >= 15 is 0 Å². The molecule has 1 unspecified atom stereocenters. The Balaban J connectivity index is 2.44. The van der Waals surface area contributed by atoms with Gasteiger partial charge in [0.15, 0.2) is 0 Å². The molecule has 0 spiro atoms. The highest BCUT2D eigenvalue weighted by molar-refractivity contribution is 6.46. The summed E-state index contributed by atoms with van der Waals surface area (Å²) in [6.45, 7) is 2.05. The zero-order valence-corrected chi connectivity index (χ0v) is 8.60. The monoisotopic (exact) mass is 217 g/mol. The molecule has 13 heavy (non-hydrogen) atoms. The van der Waals surface area contributed by atoms with E-state index in [1.165, 1.54) is 0 Å². The largest absolute Gasteiger partial charge is 0.351 e. The molecule has 70 valence electrons. The van der Waals surface area contributed by atoms with Crippen LogP contribution in [-0.4, -0.2) is 15.3 Å². The molecule has 2 heterocycles. The van der Waals surface area contributed by atoms with Crippen molar-refractivity contribution in [1.29, 1.82) is 0 Å². The van der Waals surface area contributed by atoms with Gasteiger partial charge >= 0.3 is 0 Å². The molecule has 1 aliphatic heterocycles. The summed E-state index contributed by atoms with van der Waals surface area (Å²) in [5, 5.41) is 7.88. The van der Waals surface area contributed by atoms with E-state index in [0.29, 0.717) is 5.16 Å². The number of aromatic nitrogens is 2. The second-order valence-corrected chi connectivity index (χ2v) is 3.68. The molecule has 1 atom stereocenters. The summed E-state index contributed by atoms with van der Waals surface area (Å²) in [6, 6.07) is 1.95. The number of nitrogens with zero attached hydrogens (tertiary/aromatic N) is 2. The number of anilines is 1. The molecule has 0 aliphatic carbocycles. The van der Waals surface area contributed by atoms with Crippen molar-refractivity contribution in [3.05, 3.63) is 17.8 Å². The van der Waals surface area contributed by atoms with E-state index in [4.69, 9.17) is 23.2 Å². The number of fused-ring (bicyclic) bond motifs is 1. The third kappa shape index (κ3) is 1.54. The summed E-state index contributed by atoms with van der Waals surface area (Å²) in [5.74, 6) is 0.851. The first-order valence-corrected chi connectivity index (χ1v) is 4.89. The summed E-state index contributed by atoms with van der Waals surface area (Å²) in [6.07, 6.45) is 2.60. The molecule has 1 aromatic heterocycles. The van der Waals surface area contributed by atoms with Crippen LogP contribution in [0.3, 0.4) is 0 Å². The number of aryl methyl sites for hydroxylation is 1. The van der Waals surface area contributed by atoms with E-state index in [9.17, 15) is 0 Å². The topological polar surface area (TPSA) is 29.9 Å². The highest BCUT2D eigenvalue weighted by Crippen LogP contribution is 2.26. The fourth-order valence-electron chi connectivity index (χ4n) is 1.24. The normalized spacial score (nSPS) is 20.5.